The van der Waals surface area contributed by atoms with Gasteiger partial charge in [-0.05, 0) is 31.1 Å². The van der Waals surface area contributed by atoms with Crippen molar-refractivity contribution in [2.45, 2.75) is 46.5 Å². The summed E-state index contributed by atoms with van der Waals surface area (Å²) in [7, 11) is 0. The molecule has 0 aromatic carbocycles. The van der Waals surface area contributed by atoms with E-state index in [2.05, 4.69) is 13.8 Å². The summed E-state index contributed by atoms with van der Waals surface area (Å²) >= 11 is 0. The van der Waals surface area contributed by atoms with Crippen LogP contribution in [0, 0.1) is 17.3 Å². The van der Waals surface area contributed by atoms with Crippen LogP contribution in [0.5, 0.6) is 0 Å². The zero-order valence-electron chi connectivity index (χ0n) is 10.5. The molecule has 1 aliphatic heterocycles. The van der Waals surface area contributed by atoms with Crippen molar-refractivity contribution < 1.29 is 9.59 Å². The molecule has 0 bridgehead atoms. The van der Waals surface area contributed by atoms with Gasteiger partial charge in [0.2, 0.25) is 11.8 Å². The Hall–Kier alpha value is -0.860. The van der Waals surface area contributed by atoms with Gasteiger partial charge in [-0.1, -0.05) is 20.8 Å². The molecule has 0 aromatic heterocycles. The van der Waals surface area contributed by atoms with Crippen LogP contribution in [-0.4, -0.2) is 23.3 Å². The largest absolute Gasteiger partial charge is 0.282 e. The van der Waals surface area contributed by atoms with Gasteiger partial charge in [0.25, 0.3) is 0 Å². The first-order valence-corrected chi connectivity index (χ1v) is 6.27. The van der Waals surface area contributed by atoms with Crippen LogP contribution >= 0.6 is 0 Å². The van der Waals surface area contributed by atoms with Crippen LogP contribution in [0.1, 0.15) is 46.5 Å². The van der Waals surface area contributed by atoms with Gasteiger partial charge in [-0.25, -0.2) is 0 Å². The maximum Gasteiger partial charge on any atom is 0.235 e. The number of imide groups is 1. The molecule has 0 N–H and O–H groups in total. The first-order valence-electron chi connectivity index (χ1n) is 6.27. The molecule has 1 saturated heterocycles. The summed E-state index contributed by atoms with van der Waals surface area (Å²) in [6, 6.07) is 0. The van der Waals surface area contributed by atoms with Gasteiger partial charge in [-0.3, -0.25) is 14.5 Å². The molecule has 3 heteroatoms. The minimum Gasteiger partial charge on any atom is -0.282 e. The van der Waals surface area contributed by atoms with Crippen LogP contribution in [0.15, 0.2) is 0 Å². The van der Waals surface area contributed by atoms with Gasteiger partial charge in [-0.15, -0.1) is 0 Å². The van der Waals surface area contributed by atoms with Crippen LogP contribution in [-0.2, 0) is 9.59 Å². The van der Waals surface area contributed by atoms with Gasteiger partial charge in [0.1, 0.15) is 0 Å². The second-order valence-corrected chi connectivity index (χ2v) is 6.09. The van der Waals surface area contributed by atoms with Gasteiger partial charge in [0, 0.05) is 13.0 Å². The molecule has 1 atom stereocenters. The molecule has 1 saturated carbocycles. The summed E-state index contributed by atoms with van der Waals surface area (Å²) in [4.78, 5) is 25.6. The van der Waals surface area contributed by atoms with Gasteiger partial charge in [-0.2, -0.15) is 0 Å². The number of hydrogen-bond donors (Lipinski definition) is 0. The van der Waals surface area contributed by atoms with Crippen molar-refractivity contribution in [3.63, 3.8) is 0 Å². The molecule has 2 fully saturated rings. The van der Waals surface area contributed by atoms with Crippen molar-refractivity contribution >= 4 is 11.8 Å². The highest BCUT2D eigenvalue weighted by Gasteiger charge is 2.49. The van der Waals surface area contributed by atoms with E-state index in [1.165, 1.54) is 17.7 Å². The molecule has 0 aromatic rings. The normalized spacial score (nSPS) is 30.6. The van der Waals surface area contributed by atoms with Crippen LogP contribution in [0.4, 0.5) is 0 Å². The number of carbonyl (C=O) groups excluding carboxylic acids is 2. The molecule has 1 heterocycles. The lowest BCUT2D eigenvalue weighted by Crippen LogP contribution is -2.36. The van der Waals surface area contributed by atoms with Crippen LogP contribution < -0.4 is 0 Å². The average molecular weight is 223 g/mol. The van der Waals surface area contributed by atoms with Crippen molar-refractivity contribution in [1.82, 2.24) is 4.90 Å². The molecular formula is C13H21NO2. The van der Waals surface area contributed by atoms with E-state index in [0.717, 1.165) is 6.42 Å². The Labute approximate surface area is 97.2 Å². The summed E-state index contributed by atoms with van der Waals surface area (Å²) in [6.45, 7) is 6.82. The first-order chi connectivity index (χ1) is 7.42. The molecule has 0 radical (unpaired) electrons. The number of likely N-dealkylation sites (tertiary alicyclic amines) is 1. The fourth-order valence-corrected chi connectivity index (χ4v) is 2.75. The minimum absolute atomic E-state index is 0.0417. The number of nitrogens with zero attached hydrogens (tertiary/aromatic N) is 1. The molecule has 1 aliphatic carbocycles. The SMILES string of the molecule is CC(C)CC1(C)CC(=O)N(CC2CC2)C1=O. The molecular weight excluding hydrogens is 202 g/mol. The Bertz CT molecular complexity index is 320. The Morgan fingerprint density at radius 1 is 1.38 bits per heavy atom. The molecule has 1 unspecified atom stereocenters. The van der Waals surface area contributed by atoms with Gasteiger partial charge in [0.15, 0.2) is 0 Å². The van der Waals surface area contributed by atoms with E-state index in [1.807, 2.05) is 6.92 Å². The van der Waals surface area contributed by atoms with Crippen LogP contribution in [0.2, 0.25) is 0 Å². The van der Waals surface area contributed by atoms with E-state index >= 15 is 0 Å². The predicted octanol–water partition coefficient (Wildman–Crippen LogP) is 2.21. The zero-order valence-corrected chi connectivity index (χ0v) is 10.5. The van der Waals surface area contributed by atoms with Gasteiger partial charge in [0.05, 0.1) is 5.41 Å². The van der Waals surface area contributed by atoms with Crippen molar-refractivity contribution in [1.29, 1.82) is 0 Å². The zero-order chi connectivity index (χ0) is 11.9. The molecule has 16 heavy (non-hydrogen) atoms. The van der Waals surface area contributed by atoms with Crippen molar-refractivity contribution in [2.24, 2.45) is 17.3 Å². The van der Waals surface area contributed by atoms with Crippen molar-refractivity contribution in [3.05, 3.63) is 0 Å². The number of carbonyl (C=O) groups is 2. The quantitative estimate of drug-likeness (QED) is 0.685. The Morgan fingerprint density at radius 2 is 2.00 bits per heavy atom. The summed E-state index contributed by atoms with van der Waals surface area (Å²) in [6.07, 6.45) is 3.59. The maximum absolute atomic E-state index is 12.2. The Morgan fingerprint density at radius 3 is 2.50 bits per heavy atom. The van der Waals surface area contributed by atoms with Crippen LogP contribution in [0.25, 0.3) is 0 Å². The highest BCUT2D eigenvalue weighted by Crippen LogP contribution is 2.40. The number of rotatable bonds is 4. The third kappa shape index (κ3) is 2.13. The molecule has 2 rings (SSSR count). The smallest absolute Gasteiger partial charge is 0.235 e. The van der Waals surface area contributed by atoms with Crippen LogP contribution in [0.3, 0.4) is 0 Å². The monoisotopic (exact) mass is 223 g/mol. The van der Waals surface area contributed by atoms with E-state index in [-0.39, 0.29) is 11.8 Å². The van der Waals surface area contributed by atoms with E-state index in [9.17, 15) is 9.59 Å². The van der Waals surface area contributed by atoms with Gasteiger partial charge >= 0.3 is 0 Å². The Balaban J connectivity index is 2.07. The second-order valence-electron chi connectivity index (χ2n) is 6.09. The van der Waals surface area contributed by atoms with E-state index in [1.54, 1.807) is 0 Å². The fourth-order valence-electron chi connectivity index (χ4n) is 2.75. The van der Waals surface area contributed by atoms with E-state index in [0.29, 0.717) is 24.8 Å². The lowest BCUT2D eigenvalue weighted by molar-refractivity contribution is -0.141. The molecule has 3 nitrogen and oxygen atoms in total. The second kappa shape index (κ2) is 3.86. The topological polar surface area (TPSA) is 37.4 Å². The molecule has 0 spiro atoms. The predicted molar refractivity (Wildman–Crippen MR) is 61.6 cm³/mol. The van der Waals surface area contributed by atoms with Gasteiger partial charge < -0.3 is 0 Å². The third-order valence-corrected chi connectivity index (χ3v) is 3.60. The minimum atomic E-state index is -0.430. The highest BCUT2D eigenvalue weighted by atomic mass is 16.2. The van der Waals surface area contributed by atoms with E-state index in [4.69, 9.17) is 0 Å². The van der Waals surface area contributed by atoms with Crippen molar-refractivity contribution in [3.8, 4) is 0 Å². The first kappa shape index (κ1) is 11.6. The standard InChI is InChI=1S/C13H21NO2/c1-9(2)6-13(3)7-11(15)14(12(13)16)8-10-4-5-10/h9-10H,4-8H2,1-3H3. The summed E-state index contributed by atoms with van der Waals surface area (Å²) in [5.74, 6) is 1.16. The summed E-state index contributed by atoms with van der Waals surface area (Å²) < 4.78 is 0. The third-order valence-electron chi connectivity index (χ3n) is 3.60. The highest BCUT2D eigenvalue weighted by molar-refractivity contribution is 6.05. The average Bonchev–Trinajstić information content (AvgIpc) is 2.91. The maximum atomic E-state index is 12.2. The Kier molecular flexibility index (Phi) is 2.81. The fraction of sp³-hybridized carbons (Fsp3) is 0.846. The lowest BCUT2D eigenvalue weighted by Gasteiger charge is -2.23. The number of hydrogen-bond acceptors (Lipinski definition) is 2. The lowest BCUT2D eigenvalue weighted by atomic mass is 9.80. The molecule has 2 aliphatic rings. The van der Waals surface area contributed by atoms with E-state index < -0.39 is 5.41 Å². The summed E-state index contributed by atoms with van der Waals surface area (Å²) in [5.41, 5.74) is -0.430. The molecule has 90 valence electrons. The molecule has 2 amide bonds. The summed E-state index contributed by atoms with van der Waals surface area (Å²) in [5, 5.41) is 0. The number of amides is 2. The van der Waals surface area contributed by atoms with Crippen molar-refractivity contribution in [2.75, 3.05) is 6.54 Å².